The Morgan fingerprint density at radius 2 is 1.85 bits per heavy atom. The Balaban J connectivity index is 1.52. The number of anilines is 2. The number of thiophene rings is 1. The van der Waals surface area contributed by atoms with Crippen LogP contribution < -0.4 is 10.9 Å². The van der Waals surface area contributed by atoms with Crippen LogP contribution in [-0.4, -0.2) is 9.55 Å². The molecule has 0 unspecified atom stereocenters. The Kier molecular flexibility index (Phi) is 4.77. The van der Waals surface area contributed by atoms with Gasteiger partial charge in [0, 0.05) is 27.2 Å². The molecule has 0 fully saturated rings. The molecule has 4 rings (SSSR count). The average Bonchev–Trinajstić information content (AvgIpc) is 3.39. The Labute approximate surface area is 161 Å². The lowest BCUT2D eigenvalue weighted by molar-refractivity contribution is 0.760. The van der Waals surface area contributed by atoms with E-state index in [4.69, 9.17) is 4.98 Å². The molecule has 4 aromatic rings. The molecular formula is C20H20N4S2. The quantitative estimate of drug-likeness (QED) is 0.417. The normalized spacial score (nSPS) is 10.8. The number of aromatic nitrogens is 2. The monoisotopic (exact) mass is 380 g/mol. The number of hydrogen-bond donors (Lipinski definition) is 2. The lowest BCUT2D eigenvalue weighted by Gasteiger charge is -2.08. The lowest BCUT2D eigenvalue weighted by Crippen LogP contribution is -2.07. The van der Waals surface area contributed by atoms with Crippen LogP contribution >= 0.6 is 22.7 Å². The maximum Gasteiger partial charge on any atom is 0.202 e. The fraction of sp³-hybridized carbons (Fsp3) is 0.150. The van der Waals surface area contributed by atoms with Gasteiger partial charge in [-0.2, -0.15) is 0 Å². The third-order valence-electron chi connectivity index (χ3n) is 4.34. The first-order valence-electron chi connectivity index (χ1n) is 8.43. The molecule has 0 atom stereocenters. The first-order chi connectivity index (χ1) is 12.7. The summed E-state index contributed by atoms with van der Waals surface area (Å²) < 4.78 is 2.36. The van der Waals surface area contributed by atoms with E-state index in [2.05, 4.69) is 58.2 Å². The van der Waals surface area contributed by atoms with Crippen molar-refractivity contribution in [3.63, 3.8) is 0 Å². The second kappa shape index (κ2) is 7.35. The van der Waals surface area contributed by atoms with Crippen LogP contribution in [0.1, 0.15) is 16.3 Å². The van der Waals surface area contributed by atoms with Gasteiger partial charge in [0.1, 0.15) is 0 Å². The summed E-state index contributed by atoms with van der Waals surface area (Å²) in [6.07, 6.45) is 0. The fourth-order valence-corrected chi connectivity index (χ4v) is 4.32. The minimum absolute atomic E-state index is 0.854. The maximum absolute atomic E-state index is 4.74. The summed E-state index contributed by atoms with van der Waals surface area (Å²) in [7, 11) is 0. The molecule has 0 aliphatic carbocycles. The van der Waals surface area contributed by atoms with Crippen LogP contribution in [0.5, 0.6) is 0 Å². The highest BCUT2D eigenvalue weighted by Gasteiger charge is 2.14. The van der Waals surface area contributed by atoms with E-state index in [1.165, 1.54) is 21.8 Å². The summed E-state index contributed by atoms with van der Waals surface area (Å²) in [5, 5.41) is 5.08. The van der Waals surface area contributed by atoms with Crippen LogP contribution in [0, 0.1) is 13.8 Å². The number of hydrazine groups is 1. The van der Waals surface area contributed by atoms with E-state index in [0.29, 0.717) is 0 Å². The third-order valence-corrected chi connectivity index (χ3v) is 5.95. The molecule has 4 nitrogen and oxygen atoms in total. The van der Waals surface area contributed by atoms with Crippen molar-refractivity contribution in [1.82, 2.24) is 9.55 Å². The Morgan fingerprint density at radius 1 is 1.00 bits per heavy atom. The second-order valence-electron chi connectivity index (χ2n) is 6.10. The van der Waals surface area contributed by atoms with Crippen LogP contribution in [0.25, 0.3) is 11.3 Å². The molecule has 3 heterocycles. The van der Waals surface area contributed by atoms with Gasteiger partial charge in [-0.25, -0.2) is 4.98 Å². The van der Waals surface area contributed by atoms with Crippen molar-refractivity contribution in [2.45, 2.75) is 20.4 Å². The molecule has 26 heavy (non-hydrogen) atoms. The summed E-state index contributed by atoms with van der Waals surface area (Å²) >= 11 is 3.40. The van der Waals surface area contributed by atoms with Gasteiger partial charge >= 0.3 is 0 Å². The highest BCUT2D eigenvalue weighted by Crippen LogP contribution is 2.30. The van der Waals surface area contributed by atoms with Gasteiger partial charge in [-0.3, -0.25) is 10.9 Å². The Morgan fingerprint density at radius 3 is 2.62 bits per heavy atom. The van der Waals surface area contributed by atoms with Gasteiger partial charge in [0.2, 0.25) is 5.13 Å². The van der Waals surface area contributed by atoms with Crippen LogP contribution in [0.15, 0.2) is 59.3 Å². The number of para-hydroxylation sites is 1. The van der Waals surface area contributed by atoms with Gasteiger partial charge in [-0.1, -0.05) is 24.3 Å². The molecule has 132 valence electrons. The summed E-state index contributed by atoms with van der Waals surface area (Å²) in [5.74, 6) is 0. The van der Waals surface area contributed by atoms with Gasteiger partial charge in [0.15, 0.2) is 0 Å². The fourth-order valence-electron chi connectivity index (χ4n) is 2.96. The molecule has 6 heteroatoms. The van der Waals surface area contributed by atoms with Gasteiger partial charge < -0.3 is 4.57 Å². The van der Waals surface area contributed by atoms with Crippen molar-refractivity contribution in [2.24, 2.45) is 0 Å². The average molecular weight is 381 g/mol. The smallest absolute Gasteiger partial charge is 0.202 e. The van der Waals surface area contributed by atoms with Gasteiger partial charge in [0.05, 0.1) is 17.9 Å². The van der Waals surface area contributed by atoms with Crippen molar-refractivity contribution >= 4 is 33.5 Å². The van der Waals surface area contributed by atoms with Crippen molar-refractivity contribution in [3.05, 3.63) is 75.6 Å². The minimum Gasteiger partial charge on any atom is -0.343 e. The SMILES string of the molecule is Cc1cc(-c2csc(NNc3ccccc3)n2)c(C)n1Cc1cccs1. The minimum atomic E-state index is 0.854. The molecule has 0 spiro atoms. The lowest BCUT2D eigenvalue weighted by atomic mass is 10.2. The molecule has 1 aromatic carbocycles. The molecule has 0 saturated carbocycles. The summed E-state index contributed by atoms with van der Waals surface area (Å²) in [4.78, 5) is 6.11. The standard InChI is InChI=1S/C20H20N4S2/c1-14-11-18(15(2)24(14)12-17-9-6-10-25-17)19-13-26-20(21-19)23-22-16-7-4-3-5-8-16/h3-11,13,22H,12H2,1-2H3,(H,21,23). The number of nitrogens with one attached hydrogen (secondary N) is 2. The van der Waals surface area contributed by atoms with E-state index < -0.39 is 0 Å². The van der Waals surface area contributed by atoms with E-state index >= 15 is 0 Å². The topological polar surface area (TPSA) is 41.9 Å². The van der Waals surface area contributed by atoms with E-state index in [-0.39, 0.29) is 0 Å². The van der Waals surface area contributed by atoms with Crippen LogP contribution in [0.2, 0.25) is 0 Å². The zero-order chi connectivity index (χ0) is 17.9. The van der Waals surface area contributed by atoms with Crippen molar-refractivity contribution < 1.29 is 0 Å². The van der Waals surface area contributed by atoms with Crippen LogP contribution in [0.4, 0.5) is 10.8 Å². The first kappa shape index (κ1) is 16.9. The molecule has 0 saturated heterocycles. The predicted octanol–water partition coefficient (Wildman–Crippen LogP) is 5.78. The van der Waals surface area contributed by atoms with Gasteiger partial charge in [-0.15, -0.1) is 22.7 Å². The number of hydrogen-bond acceptors (Lipinski definition) is 5. The largest absolute Gasteiger partial charge is 0.343 e. The molecule has 0 amide bonds. The number of rotatable bonds is 6. The van der Waals surface area contributed by atoms with Crippen molar-refractivity contribution in [3.8, 4) is 11.3 Å². The summed E-state index contributed by atoms with van der Waals surface area (Å²) in [6, 6.07) is 16.5. The Bertz CT molecular complexity index is 984. The van der Waals surface area contributed by atoms with Gasteiger partial charge in [-0.05, 0) is 43.5 Å². The van der Waals surface area contributed by atoms with Crippen molar-refractivity contribution in [1.29, 1.82) is 0 Å². The zero-order valence-electron chi connectivity index (χ0n) is 14.7. The number of aryl methyl sites for hydroxylation is 1. The van der Waals surface area contributed by atoms with E-state index in [0.717, 1.165) is 23.1 Å². The first-order valence-corrected chi connectivity index (χ1v) is 10.2. The van der Waals surface area contributed by atoms with E-state index in [1.807, 2.05) is 30.3 Å². The highest BCUT2D eigenvalue weighted by atomic mass is 32.1. The molecule has 0 bridgehead atoms. The molecule has 0 aliphatic heterocycles. The van der Waals surface area contributed by atoms with Crippen molar-refractivity contribution in [2.75, 3.05) is 10.9 Å². The number of benzene rings is 1. The molecule has 0 radical (unpaired) electrons. The van der Waals surface area contributed by atoms with E-state index in [1.54, 1.807) is 22.7 Å². The van der Waals surface area contributed by atoms with Gasteiger partial charge in [0.25, 0.3) is 0 Å². The zero-order valence-corrected chi connectivity index (χ0v) is 16.3. The van der Waals surface area contributed by atoms with Crippen LogP contribution in [-0.2, 0) is 6.54 Å². The maximum atomic E-state index is 4.74. The predicted molar refractivity (Wildman–Crippen MR) is 112 cm³/mol. The van der Waals surface area contributed by atoms with E-state index in [9.17, 15) is 0 Å². The third kappa shape index (κ3) is 3.52. The molecule has 3 aromatic heterocycles. The number of nitrogens with zero attached hydrogens (tertiary/aromatic N) is 2. The van der Waals surface area contributed by atoms with Crippen LogP contribution in [0.3, 0.4) is 0 Å². The summed E-state index contributed by atoms with van der Waals surface area (Å²) in [6.45, 7) is 5.25. The highest BCUT2D eigenvalue weighted by molar-refractivity contribution is 7.14. The Hall–Kier alpha value is -2.57. The summed E-state index contributed by atoms with van der Waals surface area (Å²) in [5.41, 5.74) is 12.1. The number of thiazole rings is 1. The molecule has 0 aliphatic rings. The molecular weight excluding hydrogens is 360 g/mol. The second-order valence-corrected chi connectivity index (χ2v) is 7.99. The molecule has 2 N–H and O–H groups in total.